The first-order valence-corrected chi connectivity index (χ1v) is 9.69. The van der Waals surface area contributed by atoms with Gasteiger partial charge in [-0.2, -0.15) is 0 Å². The number of morpholine rings is 1. The van der Waals surface area contributed by atoms with E-state index in [2.05, 4.69) is 39.8 Å². The fourth-order valence-corrected chi connectivity index (χ4v) is 4.30. The van der Waals surface area contributed by atoms with Crippen LogP contribution in [0.15, 0.2) is 24.3 Å². The first-order chi connectivity index (χ1) is 12.3. The maximum Gasteiger partial charge on any atom is 0.315 e. The fourth-order valence-electron chi connectivity index (χ4n) is 4.30. The Balaban J connectivity index is 1.28. The van der Waals surface area contributed by atoms with Crippen molar-refractivity contribution in [3.63, 3.8) is 0 Å². The number of rotatable bonds is 4. The minimum atomic E-state index is -0.0103. The lowest BCUT2D eigenvalue weighted by atomic mass is 10.0. The Morgan fingerprint density at radius 3 is 2.72 bits per heavy atom. The molecule has 0 aromatic heterocycles. The summed E-state index contributed by atoms with van der Waals surface area (Å²) in [6.07, 6.45) is 6.62. The molecule has 0 bridgehead atoms. The summed E-state index contributed by atoms with van der Waals surface area (Å²) >= 11 is 0. The standard InChI is InChI=1S/C20H29N3O2/c24-19(21-15-20(8-9-20)23-10-12-25-13-11-23)22-18-7-3-6-16-4-1-2-5-17(16)14-18/h1-2,4-5,18H,3,6-15H2,(H2,21,22,24). The number of urea groups is 1. The molecule has 4 rings (SSSR count). The summed E-state index contributed by atoms with van der Waals surface area (Å²) < 4.78 is 5.45. The van der Waals surface area contributed by atoms with E-state index < -0.39 is 0 Å². The molecule has 25 heavy (non-hydrogen) atoms. The molecule has 1 saturated carbocycles. The van der Waals surface area contributed by atoms with Crippen molar-refractivity contribution in [3.05, 3.63) is 35.4 Å². The predicted molar refractivity (Wildman–Crippen MR) is 97.8 cm³/mol. The van der Waals surface area contributed by atoms with Crippen LogP contribution in [0.1, 0.15) is 36.8 Å². The van der Waals surface area contributed by atoms with Crippen LogP contribution in [0.25, 0.3) is 0 Å². The van der Waals surface area contributed by atoms with Crippen molar-refractivity contribution < 1.29 is 9.53 Å². The summed E-state index contributed by atoms with van der Waals surface area (Å²) in [4.78, 5) is 14.9. The van der Waals surface area contributed by atoms with E-state index in [4.69, 9.17) is 4.74 Å². The fraction of sp³-hybridized carbons (Fsp3) is 0.650. The second kappa shape index (κ2) is 7.34. The quantitative estimate of drug-likeness (QED) is 0.823. The van der Waals surface area contributed by atoms with Gasteiger partial charge in [0.15, 0.2) is 0 Å². The maximum absolute atomic E-state index is 12.4. The van der Waals surface area contributed by atoms with Crippen LogP contribution in [0.2, 0.25) is 0 Å². The van der Waals surface area contributed by atoms with Gasteiger partial charge in [0.1, 0.15) is 0 Å². The molecule has 5 nitrogen and oxygen atoms in total. The van der Waals surface area contributed by atoms with Gasteiger partial charge in [-0.3, -0.25) is 4.90 Å². The first-order valence-electron chi connectivity index (χ1n) is 9.69. The Kier molecular flexibility index (Phi) is 4.95. The molecule has 1 aromatic rings. The van der Waals surface area contributed by atoms with Gasteiger partial charge >= 0.3 is 6.03 Å². The summed E-state index contributed by atoms with van der Waals surface area (Å²) in [5.74, 6) is 0. The number of benzene rings is 1. The number of amides is 2. The smallest absolute Gasteiger partial charge is 0.315 e. The number of hydrogen-bond acceptors (Lipinski definition) is 3. The third-order valence-electron chi connectivity index (χ3n) is 6.01. The highest BCUT2D eigenvalue weighted by Gasteiger charge is 2.48. The van der Waals surface area contributed by atoms with Gasteiger partial charge in [0, 0.05) is 31.2 Å². The highest BCUT2D eigenvalue weighted by molar-refractivity contribution is 5.74. The molecule has 5 heteroatoms. The Morgan fingerprint density at radius 2 is 1.96 bits per heavy atom. The number of ether oxygens (including phenoxy) is 1. The molecule has 2 aliphatic carbocycles. The van der Waals surface area contributed by atoms with Crippen LogP contribution in [0.5, 0.6) is 0 Å². The zero-order valence-corrected chi connectivity index (χ0v) is 14.9. The molecule has 1 atom stereocenters. The second-order valence-corrected chi connectivity index (χ2v) is 7.71. The molecular formula is C20H29N3O2. The van der Waals surface area contributed by atoms with Crippen LogP contribution in [-0.4, -0.2) is 55.4 Å². The zero-order valence-electron chi connectivity index (χ0n) is 14.9. The number of hydrogen-bond donors (Lipinski definition) is 2. The van der Waals surface area contributed by atoms with Crippen LogP contribution >= 0.6 is 0 Å². The Hall–Kier alpha value is -1.59. The molecule has 1 unspecified atom stereocenters. The van der Waals surface area contributed by atoms with Gasteiger partial charge < -0.3 is 15.4 Å². The van der Waals surface area contributed by atoms with Gasteiger partial charge in [-0.1, -0.05) is 24.3 Å². The van der Waals surface area contributed by atoms with Gasteiger partial charge in [-0.15, -0.1) is 0 Å². The molecular weight excluding hydrogens is 314 g/mol. The van der Waals surface area contributed by atoms with Gasteiger partial charge in [0.25, 0.3) is 0 Å². The third-order valence-corrected chi connectivity index (χ3v) is 6.01. The van der Waals surface area contributed by atoms with E-state index in [1.54, 1.807) is 0 Å². The number of fused-ring (bicyclic) bond motifs is 1. The van der Waals surface area contributed by atoms with Crippen LogP contribution < -0.4 is 10.6 Å². The van der Waals surface area contributed by atoms with E-state index in [-0.39, 0.29) is 17.6 Å². The number of nitrogens with one attached hydrogen (secondary N) is 2. The number of nitrogens with zero attached hydrogens (tertiary/aromatic N) is 1. The average molecular weight is 343 g/mol. The largest absolute Gasteiger partial charge is 0.379 e. The minimum absolute atomic E-state index is 0.0103. The molecule has 1 saturated heterocycles. The minimum Gasteiger partial charge on any atom is -0.379 e. The molecule has 1 aromatic carbocycles. The molecule has 0 spiro atoms. The van der Waals surface area contributed by atoms with Crippen molar-refractivity contribution in [2.24, 2.45) is 0 Å². The molecule has 136 valence electrons. The first kappa shape index (κ1) is 16.9. The molecule has 2 N–H and O–H groups in total. The molecule has 0 radical (unpaired) electrons. The van der Waals surface area contributed by atoms with Gasteiger partial charge in [0.2, 0.25) is 0 Å². The van der Waals surface area contributed by atoms with Crippen molar-refractivity contribution in [2.45, 2.75) is 50.1 Å². The average Bonchev–Trinajstić information content (AvgIpc) is 3.45. The Morgan fingerprint density at radius 1 is 1.20 bits per heavy atom. The molecule has 2 amide bonds. The summed E-state index contributed by atoms with van der Waals surface area (Å²) in [5.41, 5.74) is 3.02. The molecule has 1 aliphatic heterocycles. The van der Waals surface area contributed by atoms with E-state index in [0.717, 1.165) is 58.5 Å². The molecule has 1 heterocycles. The van der Waals surface area contributed by atoms with Crippen LogP contribution in [0.4, 0.5) is 4.79 Å². The van der Waals surface area contributed by atoms with Gasteiger partial charge in [0.05, 0.1) is 13.2 Å². The SMILES string of the molecule is O=C(NCC1(N2CCOCC2)CC1)NC1CCCc2ccccc2C1. The van der Waals surface area contributed by atoms with E-state index in [9.17, 15) is 4.79 Å². The molecule has 2 fully saturated rings. The van der Waals surface area contributed by atoms with Crippen LogP contribution in [0.3, 0.4) is 0 Å². The summed E-state index contributed by atoms with van der Waals surface area (Å²) in [7, 11) is 0. The number of aryl methyl sites for hydroxylation is 1. The topological polar surface area (TPSA) is 53.6 Å². The zero-order chi connectivity index (χ0) is 17.1. The monoisotopic (exact) mass is 343 g/mol. The highest BCUT2D eigenvalue weighted by Crippen LogP contribution is 2.41. The maximum atomic E-state index is 12.4. The van der Waals surface area contributed by atoms with Crippen molar-refractivity contribution in [1.82, 2.24) is 15.5 Å². The van der Waals surface area contributed by atoms with Crippen LogP contribution in [-0.2, 0) is 17.6 Å². The normalized spacial score (nSPS) is 25.5. The lowest BCUT2D eigenvalue weighted by Crippen LogP contribution is -2.53. The Labute approximate surface area is 150 Å². The third kappa shape index (κ3) is 3.98. The van der Waals surface area contributed by atoms with Crippen molar-refractivity contribution in [1.29, 1.82) is 0 Å². The summed E-state index contributed by atoms with van der Waals surface area (Å²) in [5, 5.41) is 6.35. The number of carbonyl (C=O) groups is 1. The Bertz CT molecular complexity index is 609. The highest BCUT2D eigenvalue weighted by atomic mass is 16.5. The second-order valence-electron chi connectivity index (χ2n) is 7.71. The van der Waals surface area contributed by atoms with E-state index in [1.807, 2.05) is 0 Å². The van der Waals surface area contributed by atoms with Crippen molar-refractivity contribution in [2.75, 3.05) is 32.8 Å². The lowest BCUT2D eigenvalue weighted by molar-refractivity contribution is 0.0102. The van der Waals surface area contributed by atoms with E-state index in [1.165, 1.54) is 24.0 Å². The predicted octanol–water partition coefficient (Wildman–Crippen LogP) is 2.10. The van der Waals surface area contributed by atoms with Crippen molar-refractivity contribution >= 4 is 6.03 Å². The van der Waals surface area contributed by atoms with E-state index >= 15 is 0 Å². The van der Waals surface area contributed by atoms with Gasteiger partial charge in [-0.05, 0) is 49.7 Å². The van der Waals surface area contributed by atoms with E-state index in [0.29, 0.717) is 0 Å². The summed E-state index contributed by atoms with van der Waals surface area (Å²) in [6, 6.07) is 8.86. The van der Waals surface area contributed by atoms with Crippen molar-refractivity contribution in [3.8, 4) is 0 Å². The number of carbonyl (C=O) groups excluding carboxylic acids is 1. The lowest BCUT2D eigenvalue weighted by Gasteiger charge is -2.35. The van der Waals surface area contributed by atoms with Crippen LogP contribution in [0, 0.1) is 0 Å². The van der Waals surface area contributed by atoms with Gasteiger partial charge in [-0.25, -0.2) is 4.79 Å². The molecule has 3 aliphatic rings. The summed E-state index contributed by atoms with van der Waals surface area (Å²) in [6.45, 7) is 4.36.